The molecule has 0 aliphatic carbocycles. The molecule has 1 aromatic heterocycles. The normalized spacial score (nSPS) is 16.6. The van der Waals surface area contributed by atoms with Gasteiger partial charge in [0, 0.05) is 24.9 Å². The van der Waals surface area contributed by atoms with Crippen LogP contribution in [0.1, 0.15) is 35.2 Å². The maximum Gasteiger partial charge on any atom is 0.253 e. The number of fused-ring (bicyclic) bond motifs is 1. The summed E-state index contributed by atoms with van der Waals surface area (Å²) in [5, 5.41) is 10.6. The van der Waals surface area contributed by atoms with Gasteiger partial charge in [-0.15, -0.1) is 11.3 Å². The molecule has 0 saturated carbocycles. The number of para-hydroxylation sites is 1. The fourth-order valence-electron chi connectivity index (χ4n) is 4.09. The minimum absolute atomic E-state index is 0.0845. The van der Waals surface area contributed by atoms with Crippen LogP contribution >= 0.6 is 11.3 Å². The van der Waals surface area contributed by atoms with Crippen molar-refractivity contribution in [1.29, 1.82) is 0 Å². The molecule has 1 saturated heterocycles. The van der Waals surface area contributed by atoms with Crippen LogP contribution in [0.2, 0.25) is 0 Å². The number of carbonyl (C=O) groups is 1. The summed E-state index contributed by atoms with van der Waals surface area (Å²) in [5.41, 5.74) is 2.01. The van der Waals surface area contributed by atoms with E-state index in [9.17, 15) is 26.7 Å². The molecule has 0 radical (unpaired) electrons. The first-order valence-electron chi connectivity index (χ1n) is 10.8. The van der Waals surface area contributed by atoms with Gasteiger partial charge in [-0.3, -0.25) is 4.79 Å². The molecule has 11 heteroatoms. The zero-order valence-corrected chi connectivity index (χ0v) is 21.1. The van der Waals surface area contributed by atoms with Crippen LogP contribution in [-0.2, 0) is 25.4 Å². The fraction of sp³-hybridized carbons (Fsp3) is 0.391. The number of carbonyl (C=O) groups excluding carboxylic acids is 1. The van der Waals surface area contributed by atoms with Gasteiger partial charge in [0.15, 0.2) is 9.84 Å². The van der Waals surface area contributed by atoms with E-state index in [4.69, 9.17) is 0 Å². The second-order valence-corrected chi connectivity index (χ2v) is 13.9. The van der Waals surface area contributed by atoms with Crippen LogP contribution < -0.4 is 0 Å². The minimum atomic E-state index is -3.61. The number of nitrogens with zero attached hydrogens (tertiary/aromatic N) is 2. The SMILES string of the molecule is CS(=O)(=O)CCC1(O)CCN(C(=O)c2ccc(CS(=O)(=O)c3cccc4scnc34)cc2)CC1. The average Bonchev–Trinajstić information content (AvgIpc) is 3.27. The van der Waals surface area contributed by atoms with E-state index in [2.05, 4.69) is 4.98 Å². The standard InChI is InChI=1S/C23H26N2O6S3/c1-33(28,29)14-11-23(27)9-12-25(13-10-23)22(26)18-7-5-17(6-8-18)15-34(30,31)20-4-2-3-19-21(20)24-16-32-19/h2-8,16,27H,9-15H2,1H3. The van der Waals surface area contributed by atoms with E-state index in [1.165, 1.54) is 11.3 Å². The molecule has 0 atom stereocenters. The summed E-state index contributed by atoms with van der Waals surface area (Å²) < 4.78 is 49.6. The van der Waals surface area contributed by atoms with Gasteiger partial charge >= 0.3 is 0 Å². The van der Waals surface area contributed by atoms with Gasteiger partial charge in [0.25, 0.3) is 5.91 Å². The summed E-state index contributed by atoms with van der Waals surface area (Å²) in [7, 11) is -6.78. The van der Waals surface area contributed by atoms with E-state index in [1.807, 2.05) is 6.07 Å². The smallest absolute Gasteiger partial charge is 0.253 e. The van der Waals surface area contributed by atoms with Crippen molar-refractivity contribution in [1.82, 2.24) is 9.88 Å². The van der Waals surface area contributed by atoms with Crippen LogP contribution in [0.3, 0.4) is 0 Å². The number of piperidine rings is 1. The number of aromatic nitrogens is 1. The number of likely N-dealkylation sites (tertiary alicyclic amines) is 1. The second-order valence-electron chi connectivity index (χ2n) is 8.81. The lowest BCUT2D eigenvalue weighted by atomic mass is 9.88. The summed E-state index contributed by atoms with van der Waals surface area (Å²) in [6.45, 7) is 0.653. The maximum atomic E-state index is 13.0. The predicted molar refractivity (Wildman–Crippen MR) is 131 cm³/mol. The number of hydrogen-bond acceptors (Lipinski definition) is 8. The Bertz CT molecular complexity index is 1400. The summed E-state index contributed by atoms with van der Waals surface area (Å²) in [6.07, 6.45) is 1.93. The van der Waals surface area contributed by atoms with Crippen LogP contribution in [0, 0.1) is 0 Å². The van der Waals surface area contributed by atoms with Crippen LogP contribution in [0.5, 0.6) is 0 Å². The van der Waals surface area contributed by atoms with Crippen molar-refractivity contribution < 1.29 is 26.7 Å². The van der Waals surface area contributed by atoms with Crippen LogP contribution in [-0.4, -0.2) is 68.4 Å². The summed E-state index contributed by atoms with van der Waals surface area (Å²) in [6, 6.07) is 11.6. The van der Waals surface area contributed by atoms with Gasteiger partial charge in [0.05, 0.1) is 37.7 Å². The van der Waals surface area contributed by atoms with E-state index in [-0.39, 0.29) is 28.7 Å². The molecule has 4 rings (SSSR count). The van der Waals surface area contributed by atoms with E-state index < -0.39 is 25.3 Å². The highest BCUT2D eigenvalue weighted by molar-refractivity contribution is 7.91. The highest BCUT2D eigenvalue weighted by atomic mass is 32.2. The topological polar surface area (TPSA) is 122 Å². The molecule has 3 aromatic rings. The molecule has 1 aliphatic rings. The van der Waals surface area contributed by atoms with Crippen LogP contribution in [0.15, 0.2) is 52.9 Å². The summed E-state index contributed by atoms with van der Waals surface area (Å²) in [5.74, 6) is -0.486. The van der Waals surface area contributed by atoms with Gasteiger partial charge in [-0.05, 0) is 49.1 Å². The Kier molecular flexibility index (Phi) is 6.83. The minimum Gasteiger partial charge on any atom is -0.390 e. The van der Waals surface area contributed by atoms with Gasteiger partial charge in [0.2, 0.25) is 0 Å². The molecule has 0 spiro atoms. The van der Waals surface area contributed by atoms with Crippen LogP contribution in [0.4, 0.5) is 0 Å². The Balaban J connectivity index is 1.40. The molecule has 1 amide bonds. The molecular formula is C23H26N2O6S3. The third-order valence-electron chi connectivity index (χ3n) is 6.14. The van der Waals surface area contributed by atoms with Gasteiger partial charge < -0.3 is 10.0 Å². The molecule has 2 heterocycles. The molecule has 0 bridgehead atoms. The molecule has 8 nitrogen and oxygen atoms in total. The molecule has 1 aliphatic heterocycles. The number of hydrogen-bond donors (Lipinski definition) is 1. The van der Waals surface area contributed by atoms with E-state index in [0.29, 0.717) is 42.6 Å². The Labute approximate surface area is 203 Å². The molecule has 0 unspecified atom stereocenters. The molecule has 2 aromatic carbocycles. The first-order valence-corrected chi connectivity index (χ1v) is 15.4. The van der Waals surface area contributed by atoms with E-state index in [0.717, 1.165) is 11.0 Å². The van der Waals surface area contributed by atoms with Crippen molar-refractivity contribution in [2.75, 3.05) is 25.1 Å². The molecule has 34 heavy (non-hydrogen) atoms. The summed E-state index contributed by atoms with van der Waals surface area (Å²) >= 11 is 1.39. The molecular weight excluding hydrogens is 496 g/mol. The van der Waals surface area contributed by atoms with Crippen molar-refractivity contribution in [2.45, 2.75) is 35.5 Å². The average molecular weight is 523 g/mol. The lowest BCUT2D eigenvalue weighted by molar-refractivity contribution is -0.0187. The van der Waals surface area contributed by atoms with Crippen molar-refractivity contribution in [2.24, 2.45) is 0 Å². The number of aliphatic hydroxyl groups is 1. The van der Waals surface area contributed by atoms with Crippen molar-refractivity contribution in [3.05, 3.63) is 59.1 Å². The largest absolute Gasteiger partial charge is 0.390 e. The highest BCUT2D eigenvalue weighted by Crippen LogP contribution is 2.29. The van der Waals surface area contributed by atoms with Gasteiger partial charge in [-0.2, -0.15) is 0 Å². The first kappa shape index (κ1) is 24.8. The van der Waals surface area contributed by atoms with Crippen LogP contribution in [0.25, 0.3) is 10.2 Å². The molecule has 1 N–H and O–H groups in total. The third-order valence-corrected chi connectivity index (χ3v) is 9.59. The van der Waals surface area contributed by atoms with Crippen molar-refractivity contribution >= 4 is 47.1 Å². The third kappa shape index (κ3) is 5.65. The number of benzene rings is 2. The number of thiazole rings is 1. The van der Waals surface area contributed by atoms with Gasteiger partial charge in [-0.25, -0.2) is 21.8 Å². The summed E-state index contributed by atoms with van der Waals surface area (Å²) in [4.78, 5) is 18.9. The molecule has 1 fully saturated rings. The van der Waals surface area contributed by atoms with E-state index >= 15 is 0 Å². The number of sulfone groups is 2. The number of amides is 1. The monoisotopic (exact) mass is 522 g/mol. The predicted octanol–water partition coefficient (Wildman–Crippen LogP) is 2.67. The highest BCUT2D eigenvalue weighted by Gasteiger charge is 2.34. The molecule has 182 valence electrons. The Morgan fingerprint density at radius 2 is 1.76 bits per heavy atom. The Morgan fingerprint density at radius 3 is 2.41 bits per heavy atom. The second kappa shape index (κ2) is 9.37. The van der Waals surface area contributed by atoms with Crippen molar-refractivity contribution in [3.8, 4) is 0 Å². The quantitative estimate of drug-likeness (QED) is 0.506. The maximum absolute atomic E-state index is 13.0. The lowest BCUT2D eigenvalue weighted by Crippen LogP contribution is -2.47. The number of rotatable bonds is 7. The van der Waals surface area contributed by atoms with E-state index in [1.54, 1.807) is 46.8 Å². The van der Waals surface area contributed by atoms with Crippen molar-refractivity contribution in [3.63, 3.8) is 0 Å². The zero-order chi connectivity index (χ0) is 24.6. The fourth-order valence-corrected chi connectivity index (χ4v) is 7.13. The Morgan fingerprint density at radius 1 is 1.09 bits per heavy atom. The van der Waals surface area contributed by atoms with Gasteiger partial charge in [-0.1, -0.05) is 18.2 Å². The zero-order valence-electron chi connectivity index (χ0n) is 18.7. The van der Waals surface area contributed by atoms with Gasteiger partial charge in [0.1, 0.15) is 9.84 Å². The first-order chi connectivity index (χ1) is 16.0. The lowest BCUT2D eigenvalue weighted by Gasteiger charge is -2.38. The Hall–Kier alpha value is -2.34.